The summed E-state index contributed by atoms with van der Waals surface area (Å²) in [7, 11) is 1.61. The van der Waals surface area contributed by atoms with E-state index in [9.17, 15) is 13.2 Å². The smallest absolute Gasteiger partial charge is 0.272 e. The molecule has 2 aromatic rings. The van der Waals surface area contributed by atoms with Crippen LogP contribution in [0.3, 0.4) is 0 Å². The van der Waals surface area contributed by atoms with Gasteiger partial charge in [-0.3, -0.25) is 5.43 Å². The molecule has 0 aliphatic carbocycles. The van der Waals surface area contributed by atoms with E-state index in [4.69, 9.17) is 33.7 Å². The van der Waals surface area contributed by atoms with Gasteiger partial charge >= 0.3 is 0 Å². The van der Waals surface area contributed by atoms with E-state index in [1.54, 1.807) is 13.1 Å². The summed E-state index contributed by atoms with van der Waals surface area (Å²) in [4.78, 5) is 3.97. The number of aliphatic imine (C=N–C) groups is 1. The lowest BCUT2D eigenvalue weighted by Crippen LogP contribution is -2.40. The second-order valence-electron chi connectivity index (χ2n) is 5.35. The number of ether oxygens (including phenoxy) is 1. The Morgan fingerprint density at radius 2 is 2.00 bits per heavy atom. The van der Waals surface area contributed by atoms with Crippen molar-refractivity contribution in [1.29, 1.82) is 0 Å². The van der Waals surface area contributed by atoms with Gasteiger partial charge in [-0.2, -0.15) is 0 Å². The van der Waals surface area contributed by atoms with Crippen LogP contribution in [-0.2, 0) is 6.54 Å². The van der Waals surface area contributed by atoms with Crippen molar-refractivity contribution in [3.63, 3.8) is 0 Å². The van der Waals surface area contributed by atoms with Crippen molar-refractivity contribution >= 4 is 29.2 Å². The Labute approximate surface area is 164 Å². The van der Waals surface area contributed by atoms with E-state index < -0.39 is 18.8 Å². The van der Waals surface area contributed by atoms with E-state index in [0.717, 1.165) is 0 Å². The molecule has 0 unspecified atom stereocenters. The minimum atomic E-state index is -2.68. The third-order valence-electron chi connectivity index (χ3n) is 3.40. The zero-order chi connectivity index (χ0) is 20.0. The fraction of sp³-hybridized carbons (Fsp3) is 0.235. The molecule has 27 heavy (non-hydrogen) atoms. The Morgan fingerprint density at radius 1 is 1.26 bits per heavy atom. The lowest BCUT2D eigenvalue weighted by molar-refractivity contribution is 0.0822. The monoisotopic (exact) mass is 420 g/mol. The first-order valence-electron chi connectivity index (χ1n) is 7.73. The van der Waals surface area contributed by atoms with Gasteiger partial charge in [0, 0.05) is 23.2 Å². The summed E-state index contributed by atoms with van der Waals surface area (Å²) < 4.78 is 44.5. The van der Waals surface area contributed by atoms with Gasteiger partial charge < -0.3 is 10.5 Å². The van der Waals surface area contributed by atoms with E-state index in [1.807, 2.05) is 0 Å². The molecular weight excluding hydrogens is 404 g/mol. The van der Waals surface area contributed by atoms with Gasteiger partial charge in [-0.1, -0.05) is 35.3 Å². The molecule has 0 aromatic heterocycles. The van der Waals surface area contributed by atoms with Gasteiger partial charge in [0.15, 0.2) is 0 Å². The topological polar surface area (TPSA) is 71.7 Å². The second-order valence-corrected chi connectivity index (χ2v) is 6.19. The normalized spacial score (nSPS) is 11.7. The van der Waals surface area contributed by atoms with Gasteiger partial charge in [-0.25, -0.2) is 23.6 Å². The number of alkyl halides is 2. The molecule has 0 saturated heterocycles. The summed E-state index contributed by atoms with van der Waals surface area (Å²) in [6.45, 7) is -0.834. The molecule has 4 N–H and O–H groups in total. The summed E-state index contributed by atoms with van der Waals surface area (Å²) in [5, 5.41) is 0.317. The minimum Gasteiger partial charge on any atom is -0.485 e. The van der Waals surface area contributed by atoms with Gasteiger partial charge in [0.25, 0.3) is 6.43 Å². The van der Waals surface area contributed by atoms with Crippen LogP contribution < -0.4 is 21.3 Å². The molecule has 0 spiro atoms. The van der Waals surface area contributed by atoms with E-state index in [2.05, 4.69) is 15.8 Å². The molecule has 0 radical (unpaired) electrons. The molecule has 5 nitrogen and oxygen atoms in total. The van der Waals surface area contributed by atoms with Crippen LogP contribution in [0.1, 0.15) is 5.56 Å². The first-order valence-corrected chi connectivity index (χ1v) is 8.49. The van der Waals surface area contributed by atoms with Crippen LogP contribution in [0.5, 0.6) is 5.75 Å². The third kappa shape index (κ3) is 5.92. The highest BCUT2D eigenvalue weighted by atomic mass is 35.5. The number of nitrogens with zero attached hydrogens (tertiary/aromatic N) is 1. The van der Waals surface area contributed by atoms with Gasteiger partial charge in [-0.05, 0) is 23.8 Å². The van der Waals surface area contributed by atoms with Crippen LogP contribution in [0.2, 0.25) is 10.0 Å². The number of nitrogens with two attached hydrogens (primary N) is 1. The molecular formula is C17H17Cl2F3N4O. The summed E-state index contributed by atoms with van der Waals surface area (Å²) in [5.41, 5.74) is 11.7. The second kappa shape index (κ2) is 9.68. The van der Waals surface area contributed by atoms with Crippen LogP contribution in [0.15, 0.2) is 35.3 Å². The number of hydrazine groups is 1. The van der Waals surface area contributed by atoms with E-state index >= 15 is 0 Å². The standard InChI is InChI=1S/C17H17Cl2F3N4O/c1-24-26-17(23)25-7-10-3-2-9(4-14(10)20)12-5-11(18)6-13(19)16(12)27-8-15(21)22/h2-6,15,24H,7-8H2,1H3,(H3,23,25,26). The summed E-state index contributed by atoms with van der Waals surface area (Å²) in [5.74, 6) is -0.441. The Bertz CT molecular complexity index is 834. The zero-order valence-corrected chi connectivity index (χ0v) is 15.7. The van der Waals surface area contributed by atoms with Crippen molar-refractivity contribution in [3.8, 4) is 16.9 Å². The Balaban J connectivity index is 2.35. The molecule has 10 heteroatoms. The highest BCUT2D eigenvalue weighted by Crippen LogP contribution is 2.39. The van der Waals surface area contributed by atoms with Gasteiger partial charge in [0.1, 0.15) is 18.2 Å². The molecule has 0 heterocycles. The predicted octanol–water partition coefficient (Wildman–Crippen LogP) is 3.98. The van der Waals surface area contributed by atoms with Crippen LogP contribution in [-0.4, -0.2) is 26.0 Å². The van der Waals surface area contributed by atoms with Crippen molar-refractivity contribution < 1.29 is 17.9 Å². The minimum absolute atomic E-state index is 0.00834. The van der Waals surface area contributed by atoms with Crippen LogP contribution in [0.25, 0.3) is 11.1 Å². The molecule has 2 rings (SSSR count). The number of benzene rings is 2. The first-order chi connectivity index (χ1) is 12.8. The van der Waals surface area contributed by atoms with Crippen molar-refractivity contribution in [1.82, 2.24) is 10.9 Å². The lowest BCUT2D eigenvalue weighted by atomic mass is 10.0. The maximum Gasteiger partial charge on any atom is 0.272 e. The number of nitrogens with one attached hydrogen (secondary N) is 2. The third-order valence-corrected chi connectivity index (χ3v) is 3.90. The van der Waals surface area contributed by atoms with Gasteiger partial charge in [0.2, 0.25) is 5.96 Å². The van der Waals surface area contributed by atoms with Crippen molar-refractivity contribution in [2.75, 3.05) is 13.7 Å². The van der Waals surface area contributed by atoms with Gasteiger partial charge in [0.05, 0.1) is 11.6 Å². The van der Waals surface area contributed by atoms with Crippen molar-refractivity contribution in [3.05, 3.63) is 51.8 Å². The molecule has 146 valence electrons. The highest BCUT2D eigenvalue weighted by molar-refractivity contribution is 6.36. The summed E-state index contributed by atoms with van der Waals surface area (Å²) in [6, 6.07) is 7.16. The van der Waals surface area contributed by atoms with Crippen LogP contribution in [0, 0.1) is 5.82 Å². The molecule has 0 bridgehead atoms. The fourth-order valence-electron chi connectivity index (χ4n) is 2.25. The molecule has 0 fully saturated rings. The SMILES string of the molecule is CNNC(N)=NCc1ccc(-c2cc(Cl)cc(Cl)c2OCC(F)F)cc1F. The first kappa shape index (κ1) is 21.1. The number of halogens is 5. The van der Waals surface area contributed by atoms with Gasteiger partial charge in [-0.15, -0.1) is 0 Å². The largest absolute Gasteiger partial charge is 0.485 e. The number of hydrogen-bond donors (Lipinski definition) is 3. The Kier molecular flexibility index (Phi) is 7.58. The van der Waals surface area contributed by atoms with Crippen molar-refractivity contribution in [2.45, 2.75) is 13.0 Å². The lowest BCUT2D eigenvalue weighted by Gasteiger charge is -2.14. The maximum absolute atomic E-state index is 14.4. The van der Waals surface area contributed by atoms with E-state index in [-0.39, 0.29) is 28.3 Å². The zero-order valence-electron chi connectivity index (χ0n) is 14.2. The molecule has 0 aliphatic rings. The van der Waals surface area contributed by atoms with Crippen LogP contribution >= 0.6 is 23.2 Å². The predicted molar refractivity (Wildman–Crippen MR) is 101 cm³/mol. The quantitative estimate of drug-likeness (QED) is 0.359. The molecule has 0 atom stereocenters. The summed E-state index contributed by atoms with van der Waals surface area (Å²) in [6.07, 6.45) is -2.68. The molecule has 0 amide bonds. The Hall–Kier alpha value is -2.16. The molecule has 0 saturated carbocycles. The van der Waals surface area contributed by atoms with Crippen LogP contribution in [0.4, 0.5) is 13.2 Å². The maximum atomic E-state index is 14.4. The molecule has 2 aromatic carbocycles. The van der Waals surface area contributed by atoms with E-state index in [1.165, 1.54) is 24.3 Å². The number of guanidine groups is 1. The van der Waals surface area contributed by atoms with E-state index in [0.29, 0.717) is 16.7 Å². The molecule has 0 aliphatic heterocycles. The summed E-state index contributed by atoms with van der Waals surface area (Å²) >= 11 is 12.1. The fourth-order valence-corrected chi connectivity index (χ4v) is 2.80. The average molecular weight is 421 g/mol. The average Bonchev–Trinajstić information content (AvgIpc) is 2.59. The Morgan fingerprint density at radius 3 is 2.63 bits per heavy atom. The van der Waals surface area contributed by atoms with Crippen molar-refractivity contribution in [2.24, 2.45) is 10.7 Å². The number of hydrogen-bond acceptors (Lipinski definition) is 3. The number of rotatable bonds is 7. The highest BCUT2D eigenvalue weighted by Gasteiger charge is 2.16.